The molecule has 3 aromatic rings. The molecule has 0 radical (unpaired) electrons. The highest BCUT2D eigenvalue weighted by atomic mass is 16.6. The van der Waals surface area contributed by atoms with Crippen LogP contribution in [0, 0.1) is 0 Å². The summed E-state index contributed by atoms with van der Waals surface area (Å²) in [5, 5.41) is 8.11. The van der Waals surface area contributed by atoms with E-state index in [9.17, 15) is 9.59 Å². The summed E-state index contributed by atoms with van der Waals surface area (Å²) in [6.45, 7) is 12.3. The van der Waals surface area contributed by atoms with Gasteiger partial charge in [-0.1, -0.05) is 18.2 Å². The minimum Gasteiger partial charge on any atom is -0.444 e. The summed E-state index contributed by atoms with van der Waals surface area (Å²) in [6.07, 6.45) is 2.88. The average Bonchev–Trinajstić information content (AvgIpc) is 3.15. The van der Waals surface area contributed by atoms with Crippen LogP contribution in [0.1, 0.15) is 63.5 Å². The summed E-state index contributed by atoms with van der Waals surface area (Å²) in [6, 6.07) is 9.39. The second kappa shape index (κ2) is 9.38. The number of hydrogen-bond donors (Lipinski definition) is 1. The number of aromatic nitrogens is 3. The van der Waals surface area contributed by atoms with Crippen LogP contribution in [0.15, 0.2) is 42.7 Å². The summed E-state index contributed by atoms with van der Waals surface area (Å²) < 4.78 is 7.32. The monoisotopic (exact) mass is 437 g/mol. The fourth-order valence-corrected chi connectivity index (χ4v) is 3.25. The number of carbonyl (C=O) groups is 2. The molecule has 0 saturated carbocycles. The van der Waals surface area contributed by atoms with E-state index >= 15 is 0 Å². The normalized spacial score (nSPS) is 11.6. The number of para-hydroxylation sites is 1. The molecule has 3 rings (SSSR count). The number of anilines is 1. The van der Waals surface area contributed by atoms with Gasteiger partial charge in [0, 0.05) is 29.9 Å². The van der Waals surface area contributed by atoms with Crippen LogP contribution in [0.3, 0.4) is 0 Å². The largest absolute Gasteiger partial charge is 0.444 e. The molecule has 0 bridgehead atoms. The summed E-state index contributed by atoms with van der Waals surface area (Å²) in [5.74, 6) is -0.274. The summed E-state index contributed by atoms with van der Waals surface area (Å²) in [5.41, 5.74) is 2.06. The molecule has 0 aliphatic rings. The first-order chi connectivity index (χ1) is 15.1. The number of benzene rings is 1. The van der Waals surface area contributed by atoms with Crippen LogP contribution in [-0.2, 0) is 11.3 Å². The zero-order chi connectivity index (χ0) is 23.5. The first-order valence-corrected chi connectivity index (χ1v) is 10.8. The molecule has 2 amide bonds. The summed E-state index contributed by atoms with van der Waals surface area (Å²) >= 11 is 0. The van der Waals surface area contributed by atoms with Gasteiger partial charge in [-0.25, -0.2) is 14.5 Å². The maximum Gasteiger partial charge on any atom is 0.410 e. The highest BCUT2D eigenvalue weighted by Crippen LogP contribution is 2.21. The van der Waals surface area contributed by atoms with Crippen molar-refractivity contribution in [1.29, 1.82) is 0 Å². The third-order valence-corrected chi connectivity index (χ3v) is 4.84. The Bertz CT molecular complexity index is 1110. The van der Waals surface area contributed by atoms with Crippen molar-refractivity contribution >= 4 is 28.7 Å². The van der Waals surface area contributed by atoms with Crippen LogP contribution in [0.5, 0.6) is 0 Å². The van der Waals surface area contributed by atoms with Gasteiger partial charge in [-0.3, -0.25) is 4.79 Å². The molecular weight excluding hydrogens is 406 g/mol. The Morgan fingerprint density at radius 3 is 2.56 bits per heavy atom. The quantitative estimate of drug-likeness (QED) is 0.585. The molecular formula is C24H31N5O3. The van der Waals surface area contributed by atoms with Crippen LogP contribution in [0.2, 0.25) is 0 Å². The Labute approximate surface area is 188 Å². The number of nitrogens with zero attached hydrogens (tertiary/aromatic N) is 4. The lowest BCUT2D eigenvalue weighted by Gasteiger charge is -2.27. The lowest BCUT2D eigenvalue weighted by atomic mass is 10.1. The van der Waals surface area contributed by atoms with Crippen molar-refractivity contribution in [2.45, 2.75) is 59.7 Å². The van der Waals surface area contributed by atoms with Gasteiger partial charge in [-0.2, -0.15) is 5.10 Å². The molecule has 0 atom stereocenters. The minimum atomic E-state index is -0.576. The smallest absolute Gasteiger partial charge is 0.410 e. The molecule has 8 heteroatoms. The molecule has 170 valence electrons. The molecule has 0 aliphatic heterocycles. The average molecular weight is 438 g/mol. The van der Waals surface area contributed by atoms with Crippen molar-refractivity contribution in [2.24, 2.45) is 0 Å². The van der Waals surface area contributed by atoms with Gasteiger partial charge in [0.05, 0.1) is 18.3 Å². The first kappa shape index (κ1) is 23.2. The Kier molecular flexibility index (Phi) is 6.81. The topological polar surface area (TPSA) is 89.4 Å². The Hall–Kier alpha value is -3.42. The Morgan fingerprint density at radius 2 is 1.91 bits per heavy atom. The van der Waals surface area contributed by atoms with Gasteiger partial charge in [0.15, 0.2) is 5.65 Å². The van der Waals surface area contributed by atoms with Crippen LogP contribution in [-0.4, -0.2) is 43.8 Å². The number of amides is 2. The van der Waals surface area contributed by atoms with Crippen molar-refractivity contribution in [1.82, 2.24) is 19.7 Å². The summed E-state index contributed by atoms with van der Waals surface area (Å²) in [4.78, 5) is 31.5. The van der Waals surface area contributed by atoms with Crippen molar-refractivity contribution in [2.75, 3.05) is 11.9 Å². The highest BCUT2D eigenvalue weighted by Gasteiger charge is 2.22. The molecule has 1 aromatic carbocycles. The molecule has 0 unspecified atom stereocenters. The third kappa shape index (κ3) is 5.43. The SMILES string of the molecule is CCN(Cc1ccccc1NC(=O)c1cnc2c(cnn2C(C)C)c1)C(=O)OC(C)(C)C. The Balaban J connectivity index is 1.79. The van der Waals surface area contributed by atoms with Crippen LogP contribution in [0.25, 0.3) is 11.0 Å². The lowest BCUT2D eigenvalue weighted by Crippen LogP contribution is -2.36. The fourth-order valence-electron chi connectivity index (χ4n) is 3.25. The molecule has 32 heavy (non-hydrogen) atoms. The molecule has 8 nitrogen and oxygen atoms in total. The summed E-state index contributed by atoms with van der Waals surface area (Å²) in [7, 11) is 0. The number of hydrogen-bond acceptors (Lipinski definition) is 5. The van der Waals surface area contributed by atoms with E-state index in [1.807, 2.05) is 70.5 Å². The Morgan fingerprint density at radius 1 is 1.19 bits per heavy atom. The number of carbonyl (C=O) groups excluding carboxylic acids is 2. The number of nitrogens with one attached hydrogen (secondary N) is 1. The van der Waals surface area contributed by atoms with Crippen molar-refractivity contribution in [3.63, 3.8) is 0 Å². The minimum absolute atomic E-state index is 0.179. The van der Waals surface area contributed by atoms with Gasteiger partial charge in [0.1, 0.15) is 5.60 Å². The maximum absolute atomic E-state index is 12.9. The van der Waals surface area contributed by atoms with Crippen LogP contribution in [0.4, 0.5) is 10.5 Å². The maximum atomic E-state index is 12.9. The predicted octanol–water partition coefficient (Wildman–Crippen LogP) is 5.02. The van der Waals surface area contributed by atoms with Gasteiger partial charge in [-0.15, -0.1) is 0 Å². The van der Waals surface area contributed by atoms with Gasteiger partial charge in [0.2, 0.25) is 0 Å². The third-order valence-electron chi connectivity index (χ3n) is 4.84. The van der Waals surface area contributed by atoms with E-state index in [1.54, 1.807) is 23.4 Å². The van der Waals surface area contributed by atoms with Gasteiger partial charge in [-0.05, 0) is 59.2 Å². The predicted molar refractivity (Wildman–Crippen MR) is 125 cm³/mol. The van der Waals surface area contributed by atoms with Gasteiger partial charge >= 0.3 is 6.09 Å². The first-order valence-electron chi connectivity index (χ1n) is 10.8. The molecule has 0 spiro atoms. The van der Waals surface area contributed by atoms with E-state index < -0.39 is 11.7 Å². The zero-order valence-corrected chi connectivity index (χ0v) is 19.5. The number of pyridine rings is 1. The van der Waals surface area contributed by atoms with Crippen molar-refractivity contribution < 1.29 is 14.3 Å². The van der Waals surface area contributed by atoms with E-state index in [4.69, 9.17) is 4.74 Å². The molecule has 0 saturated heterocycles. The number of rotatable bonds is 6. The van der Waals surface area contributed by atoms with Crippen LogP contribution < -0.4 is 5.32 Å². The number of fused-ring (bicyclic) bond motifs is 1. The van der Waals surface area contributed by atoms with E-state index in [2.05, 4.69) is 15.4 Å². The number of ether oxygens (including phenoxy) is 1. The molecule has 1 N–H and O–H groups in total. The lowest BCUT2D eigenvalue weighted by molar-refractivity contribution is 0.0245. The van der Waals surface area contributed by atoms with E-state index in [0.717, 1.165) is 16.6 Å². The van der Waals surface area contributed by atoms with Gasteiger partial charge < -0.3 is 15.0 Å². The van der Waals surface area contributed by atoms with E-state index in [1.165, 1.54) is 0 Å². The fraction of sp³-hybridized carbons (Fsp3) is 0.417. The second-order valence-corrected chi connectivity index (χ2v) is 8.93. The van der Waals surface area contributed by atoms with E-state index in [0.29, 0.717) is 24.3 Å². The molecule has 2 heterocycles. The van der Waals surface area contributed by atoms with Gasteiger partial charge in [0.25, 0.3) is 5.91 Å². The standard InChI is InChI=1S/C24H31N5O3/c1-7-28(23(31)32-24(4,5)6)15-17-10-8-9-11-20(17)27-22(30)19-12-18-14-26-29(16(2)3)21(18)25-13-19/h8-14,16H,7,15H2,1-6H3,(H,27,30). The van der Waals surface area contributed by atoms with E-state index in [-0.39, 0.29) is 11.9 Å². The highest BCUT2D eigenvalue weighted by molar-refractivity contribution is 6.06. The molecule has 2 aromatic heterocycles. The molecule has 0 fully saturated rings. The zero-order valence-electron chi connectivity index (χ0n) is 19.5. The second-order valence-electron chi connectivity index (χ2n) is 8.93. The van der Waals surface area contributed by atoms with Crippen molar-refractivity contribution in [3.8, 4) is 0 Å². The van der Waals surface area contributed by atoms with Crippen molar-refractivity contribution in [3.05, 3.63) is 53.9 Å². The molecule has 0 aliphatic carbocycles. The van der Waals surface area contributed by atoms with Crippen LogP contribution >= 0.6 is 0 Å².